The molecule has 11 nitrogen and oxygen atoms in total. The van der Waals surface area contributed by atoms with Gasteiger partial charge in [-0.3, -0.25) is 9.35 Å². The smallest absolute Gasteiger partial charge is 0.372 e. The van der Waals surface area contributed by atoms with Crippen molar-refractivity contribution in [2.24, 2.45) is 7.05 Å². The fourth-order valence-corrected chi connectivity index (χ4v) is 9.33. The first-order valence-corrected chi connectivity index (χ1v) is 19.0. The van der Waals surface area contributed by atoms with Crippen LogP contribution in [0.4, 0.5) is 5.69 Å². The van der Waals surface area contributed by atoms with Crippen molar-refractivity contribution in [1.82, 2.24) is 9.14 Å². The van der Waals surface area contributed by atoms with E-state index >= 15 is 0 Å². The van der Waals surface area contributed by atoms with Gasteiger partial charge in [-0.1, -0.05) is 13.0 Å². The summed E-state index contributed by atoms with van der Waals surface area (Å²) in [6.07, 6.45) is 7.19. The predicted molar refractivity (Wildman–Crippen MR) is 192 cm³/mol. The van der Waals surface area contributed by atoms with E-state index in [1.165, 1.54) is 5.57 Å². The van der Waals surface area contributed by atoms with Crippen molar-refractivity contribution in [1.29, 1.82) is 0 Å². The molecule has 0 aliphatic carbocycles. The van der Waals surface area contributed by atoms with E-state index in [1.54, 1.807) is 0 Å². The Morgan fingerprint density at radius 1 is 1.04 bits per heavy atom. The molecular formula is C38H48N4O7S+2. The van der Waals surface area contributed by atoms with Crippen LogP contribution in [0.5, 0.6) is 11.5 Å². The van der Waals surface area contributed by atoms with Gasteiger partial charge in [0.1, 0.15) is 30.4 Å². The Morgan fingerprint density at radius 3 is 2.38 bits per heavy atom. The van der Waals surface area contributed by atoms with Crippen LogP contribution in [0.25, 0.3) is 11.1 Å². The van der Waals surface area contributed by atoms with Crippen molar-refractivity contribution in [2.75, 3.05) is 23.7 Å². The SMILES string of the molecule is CCC1=CC(C)(C)N(CC)c2cc3c(cc21)C(c1n(CCC(=O)C(=O)O)cc[n+]1C)=c1cc2c(cc1O3)=[N+](CC)C(C)(C)CC2CS(=O)(=O)O. The van der Waals surface area contributed by atoms with Gasteiger partial charge in [-0.2, -0.15) is 8.42 Å². The summed E-state index contributed by atoms with van der Waals surface area (Å²) in [5, 5.41) is 10.9. The predicted octanol–water partition coefficient (Wildman–Crippen LogP) is 3.79. The number of hydrogen-bond acceptors (Lipinski definition) is 6. The van der Waals surface area contributed by atoms with Gasteiger partial charge in [0.15, 0.2) is 5.54 Å². The maximum absolute atomic E-state index is 12.4. The molecule has 50 heavy (non-hydrogen) atoms. The molecule has 1 aromatic heterocycles. The highest BCUT2D eigenvalue weighted by Crippen LogP contribution is 2.47. The minimum atomic E-state index is -4.30. The fourth-order valence-electron chi connectivity index (χ4n) is 8.53. The molecule has 6 rings (SSSR count). The van der Waals surface area contributed by atoms with E-state index in [9.17, 15) is 27.7 Å². The van der Waals surface area contributed by atoms with Gasteiger partial charge in [-0.05, 0) is 65.7 Å². The second-order valence-corrected chi connectivity index (χ2v) is 16.3. The maximum Gasteiger partial charge on any atom is 0.372 e. The zero-order chi connectivity index (χ0) is 36.5. The second-order valence-electron chi connectivity index (χ2n) is 14.8. The number of Topliss-reactive ketones (excluding diaryl/α,β-unsaturated/α-hetero) is 1. The highest BCUT2D eigenvalue weighted by Gasteiger charge is 2.43. The number of benzene rings is 2. The summed E-state index contributed by atoms with van der Waals surface area (Å²) in [5.74, 6) is -1.21. The highest BCUT2D eigenvalue weighted by molar-refractivity contribution is 7.85. The average molecular weight is 705 g/mol. The normalized spacial score (nSPS) is 18.8. The molecule has 4 heterocycles. The number of carbonyl (C=O) groups is 2. The number of anilines is 1. The number of hydrogen-bond donors (Lipinski definition) is 2. The number of aliphatic carboxylic acids is 1. The molecule has 3 aliphatic heterocycles. The summed E-state index contributed by atoms with van der Waals surface area (Å²) in [6, 6.07) is 8.29. The molecule has 266 valence electrons. The van der Waals surface area contributed by atoms with Crippen LogP contribution in [0.3, 0.4) is 0 Å². The number of ketones is 1. The fraction of sp³-hybridized carbons (Fsp3) is 0.474. The van der Waals surface area contributed by atoms with Crippen LogP contribution >= 0.6 is 0 Å². The molecule has 3 aliphatic rings. The van der Waals surface area contributed by atoms with E-state index in [2.05, 4.69) is 76.2 Å². The largest absolute Gasteiger partial charge is 0.475 e. The number of carboxylic acids is 1. The number of aromatic nitrogens is 2. The van der Waals surface area contributed by atoms with Gasteiger partial charge in [0.05, 0.1) is 42.9 Å². The van der Waals surface area contributed by atoms with Gasteiger partial charge in [-0.15, -0.1) is 0 Å². The molecule has 0 saturated carbocycles. The van der Waals surface area contributed by atoms with Crippen LogP contribution in [0.15, 0.2) is 42.7 Å². The summed E-state index contributed by atoms with van der Waals surface area (Å²) in [5.41, 5.74) is 5.25. The lowest BCUT2D eigenvalue weighted by molar-refractivity contribution is -0.673. The number of imidazole rings is 1. The summed E-state index contributed by atoms with van der Waals surface area (Å²) in [7, 11) is -2.39. The lowest BCUT2D eigenvalue weighted by Crippen LogP contribution is -2.53. The molecule has 12 heteroatoms. The topological polar surface area (TPSA) is 133 Å². The number of nitrogens with zero attached hydrogens (tertiary/aromatic N) is 4. The standard InChI is InChI=1S/C38H46N4O7S/c1-9-23-20-37(4,5)41(10-2)29-18-32-27(16-25(23)29)34(35-39(8)14-15-40(35)13-12-31(43)36(44)45)28-17-26-24(22-50(46,47)48)21-38(6,7)42(11-3)30(26)19-33(28)49-32/h14-20,24H,9-13,21-22H2,1-8H3/p+2. The Labute approximate surface area is 293 Å². The molecule has 0 spiro atoms. The molecule has 0 fully saturated rings. The van der Waals surface area contributed by atoms with Gasteiger partial charge < -0.3 is 14.7 Å². The lowest BCUT2D eigenvalue weighted by atomic mass is 9.81. The minimum absolute atomic E-state index is 0.146. The first-order chi connectivity index (χ1) is 23.4. The zero-order valence-corrected chi connectivity index (χ0v) is 31.0. The third-order valence-electron chi connectivity index (χ3n) is 10.6. The van der Waals surface area contributed by atoms with E-state index in [0.29, 0.717) is 24.5 Å². The Morgan fingerprint density at radius 2 is 1.76 bits per heavy atom. The molecule has 1 atom stereocenters. The van der Waals surface area contributed by atoms with Gasteiger partial charge >= 0.3 is 5.97 Å². The summed E-state index contributed by atoms with van der Waals surface area (Å²) in [4.78, 5) is 26.0. The quantitative estimate of drug-likeness (QED) is 0.145. The molecule has 3 aromatic rings. The molecule has 2 N–H and O–H groups in total. The molecule has 0 saturated heterocycles. The van der Waals surface area contributed by atoms with E-state index in [4.69, 9.17) is 4.74 Å². The molecular weight excluding hydrogens is 657 g/mol. The van der Waals surface area contributed by atoms with Crippen LogP contribution in [0, 0.1) is 0 Å². The number of likely N-dealkylation sites (N-methyl/N-ethyl adjacent to an activating group) is 1. The first kappa shape index (κ1) is 35.5. The van der Waals surface area contributed by atoms with Crippen LogP contribution < -0.4 is 29.4 Å². The van der Waals surface area contributed by atoms with Crippen LogP contribution in [-0.2, 0) is 33.3 Å². The molecule has 0 radical (unpaired) electrons. The average Bonchev–Trinajstić information content (AvgIpc) is 3.38. The number of fused-ring (bicyclic) bond motifs is 4. The summed E-state index contributed by atoms with van der Waals surface area (Å²) in [6.45, 7) is 16.6. The monoisotopic (exact) mass is 704 g/mol. The second kappa shape index (κ2) is 12.5. The number of carbonyl (C=O) groups excluding carboxylic acids is 1. The number of rotatable bonds is 10. The van der Waals surface area contributed by atoms with E-state index < -0.39 is 39.1 Å². The Hall–Kier alpha value is -4.29. The summed E-state index contributed by atoms with van der Waals surface area (Å²) < 4.78 is 47.7. The Balaban J connectivity index is 1.73. The molecule has 2 aromatic carbocycles. The third kappa shape index (κ3) is 6.06. The van der Waals surface area contributed by atoms with Gasteiger partial charge in [0.2, 0.25) is 11.1 Å². The minimum Gasteiger partial charge on any atom is -0.475 e. The molecule has 1 unspecified atom stereocenters. The Bertz CT molecular complexity index is 2210. The Kier molecular flexibility index (Phi) is 8.87. The van der Waals surface area contributed by atoms with Gasteiger partial charge in [-0.25, -0.2) is 18.5 Å². The van der Waals surface area contributed by atoms with E-state index in [-0.39, 0.29) is 18.5 Å². The zero-order valence-electron chi connectivity index (χ0n) is 30.2. The van der Waals surface area contributed by atoms with Crippen molar-refractivity contribution in [2.45, 2.75) is 91.3 Å². The molecule has 0 amide bonds. The van der Waals surface area contributed by atoms with E-state index in [1.807, 2.05) is 40.7 Å². The maximum atomic E-state index is 12.4. The van der Waals surface area contributed by atoms with Crippen molar-refractivity contribution < 1.29 is 37.0 Å². The highest BCUT2D eigenvalue weighted by atomic mass is 32.2. The number of allylic oxidation sites excluding steroid dienone is 1. The number of carboxylic acid groups (broad SMARTS) is 1. The van der Waals surface area contributed by atoms with E-state index in [0.717, 1.165) is 57.3 Å². The molecule has 0 bridgehead atoms. The summed E-state index contributed by atoms with van der Waals surface area (Å²) >= 11 is 0. The first-order valence-electron chi connectivity index (χ1n) is 17.4. The van der Waals surface area contributed by atoms with Crippen molar-refractivity contribution in [3.8, 4) is 11.5 Å². The van der Waals surface area contributed by atoms with Crippen molar-refractivity contribution in [3.05, 3.63) is 75.8 Å². The van der Waals surface area contributed by atoms with Crippen molar-refractivity contribution in [3.63, 3.8) is 0 Å². The number of aryl methyl sites for hydroxylation is 2. The third-order valence-corrected chi connectivity index (χ3v) is 11.4. The van der Waals surface area contributed by atoms with Crippen LogP contribution in [0.1, 0.15) is 96.2 Å². The van der Waals surface area contributed by atoms with Gasteiger partial charge in [0, 0.05) is 52.5 Å². The lowest BCUT2D eigenvalue weighted by Gasteiger charge is -2.43. The van der Waals surface area contributed by atoms with Crippen molar-refractivity contribution >= 4 is 38.7 Å². The number of ether oxygens (including phenoxy) is 1. The van der Waals surface area contributed by atoms with Gasteiger partial charge in [0.25, 0.3) is 15.9 Å². The van der Waals surface area contributed by atoms with Crippen LogP contribution in [-0.4, -0.2) is 64.3 Å². The van der Waals surface area contributed by atoms with Crippen LogP contribution in [0.2, 0.25) is 0 Å².